The number of unbranched alkanes of at least 4 members (excludes halogenated alkanes) is 1. The molecule has 43 heavy (non-hydrogen) atoms. The second kappa shape index (κ2) is 14.7. The van der Waals surface area contributed by atoms with Gasteiger partial charge in [0.25, 0.3) is 5.91 Å². The van der Waals surface area contributed by atoms with E-state index in [1.54, 1.807) is 7.11 Å². The van der Waals surface area contributed by atoms with E-state index in [1.165, 1.54) is 15.9 Å². The number of anilines is 1. The lowest BCUT2D eigenvalue weighted by atomic mass is 10.2. The van der Waals surface area contributed by atoms with E-state index >= 15 is 0 Å². The van der Waals surface area contributed by atoms with Crippen LogP contribution in [-0.2, 0) is 18.8 Å². The number of benzene rings is 1. The summed E-state index contributed by atoms with van der Waals surface area (Å²) >= 11 is 0. The van der Waals surface area contributed by atoms with Crippen LogP contribution in [0.3, 0.4) is 0 Å². The molecule has 0 saturated carbocycles. The summed E-state index contributed by atoms with van der Waals surface area (Å²) in [6.07, 6.45) is 1.08. The van der Waals surface area contributed by atoms with E-state index in [2.05, 4.69) is 15.3 Å². The Labute approximate surface area is 250 Å². The quantitative estimate of drug-likeness (QED) is 0.247. The van der Waals surface area contributed by atoms with Crippen molar-refractivity contribution in [1.82, 2.24) is 25.1 Å². The summed E-state index contributed by atoms with van der Waals surface area (Å²) in [6, 6.07) is 9.09. The van der Waals surface area contributed by atoms with Crippen LogP contribution in [0.1, 0.15) is 36.7 Å². The van der Waals surface area contributed by atoms with Crippen molar-refractivity contribution in [2.75, 3.05) is 64.0 Å². The minimum Gasteiger partial charge on any atom is -0.449 e. The average Bonchev–Trinajstić information content (AvgIpc) is 3.50. The topological polar surface area (TPSA) is 175 Å². The first-order chi connectivity index (χ1) is 20.6. The van der Waals surface area contributed by atoms with Gasteiger partial charge in [0.2, 0.25) is 5.91 Å². The number of amides is 3. The standard InChI is InChI=1S/C28H39N6O8P/c1-3-4-16-42-28(37)33-14-12-32(13-15-33)27(36)23(19-43(38,39)40)30-26(35)22-17-24(34-11-10-21(18-34)41-2)31-25(29-22)20-8-6-5-7-9-20/h5-9,17,21,23H,3-4,10-16,18-19H2,1-2H3,(H,30,35)(H2,38,39,40). The summed E-state index contributed by atoms with van der Waals surface area (Å²) in [4.78, 5) is 72.7. The molecule has 2 atom stereocenters. The van der Waals surface area contributed by atoms with Crippen LogP contribution in [-0.4, -0.2) is 119 Å². The van der Waals surface area contributed by atoms with Crippen molar-refractivity contribution in [2.45, 2.75) is 38.3 Å². The van der Waals surface area contributed by atoms with Crippen LogP contribution in [0.2, 0.25) is 0 Å². The highest BCUT2D eigenvalue weighted by atomic mass is 31.2. The Morgan fingerprint density at radius 3 is 2.40 bits per heavy atom. The summed E-state index contributed by atoms with van der Waals surface area (Å²) in [5, 5.41) is 2.51. The third-order valence-corrected chi connectivity index (χ3v) is 8.22. The van der Waals surface area contributed by atoms with E-state index in [4.69, 9.17) is 9.47 Å². The molecule has 234 valence electrons. The number of piperazine rings is 1. The van der Waals surface area contributed by atoms with Gasteiger partial charge in [-0.3, -0.25) is 14.2 Å². The van der Waals surface area contributed by atoms with E-state index in [9.17, 15) is 28.7 Å². The maximum absolute atomic E-state index is 13.5. The predicted molar refractivity (Wildman–Crippen MR) is 158 cm³/mol. The molecule has 1 aromatic carbocycles. The fourth-order valence-electron chi connectivity index (χ4n) is 4.94. The zero-order valence-electron chi connectivity index (χ0n) is 24.4. The number of aromatic nitrogens is 2. The number of hydrogen-bond acceptors (Lipinski definition) is 9. The van der Waals surface area contributed by atoms with Gasteiger partial charge in [-0.2, -0.15) is 0 Å². The van der Waals surface area contributed by atoms with Crippen LogP contribution in [0.25, 0.3) is 11.4 Å². The third kappa shape index (κ3) is 8.96. The molecule has 0 bridgehead atoms. The van der Waals surface area contributed by atoms with Crippen LogP contribution in [0.15, 0.2) is 36.4 Å². The highest BCUT2D eigenvalue weighted by molar-refractivity contribution is 7.51. The summed E-state index contributed by atoms with van der Waals surface area (Å²) in [5.41, 5.74) is 0.627. The molecule has 0 aliphatic carbocycles. The predicted octanol–water partition coefficient (Wildman–Crippen LogP) is 1.73. The zero-order chi connectivity index (χ0) is 31.0. The van der Waals surface area contributed by atoms with Gasteiger partial charge < -0.3 is 39.3 Å². The Morgan fingerprint density at radius 1 is 1.07 bits per heavy atom. The Kier molecular flexibility index (Phi) is 11.1. The molecule has 4 rings (SSSR count). The molecule has 0 spiro atoms. The van der Waals surface area contributed by atoms with Gasteiger partial charge >= 0.3 is 13.7 Å². The SMILES string of the molecule is CCCCOC(=O)N1CCN(C(=O)C(CP(=O)(O)O)NC(=O)c2cc(N3CCC(OC)C3)nc(-c3ccccc3)n2)CC1. The van der Waals surface area contributed by atoms with Gasteiger partial charge in [0, 0.05) is 58.0 Å². The van der Waals surface area contributed by atoms with E-state index < -0.39 is 37.7 Å². The number of nitrogens with one attached hydrogen (secondary N) is 1. The van der Waals surface area contributed by atoms with Gasteiger partial charge in [0.05, 0.1) is 18.9 Å². The lowest BCUT2D eigenvalue weighted by molar-refractivity contribution is -0.134. The number of carbonyl (C=O) groups excluding carboxylic acids is 3. The van der Waals surface area contributed by atoms with Gasteiger partial charge in [-0.15, -0.1) is 0 Å². The lowest BCUT2D eigenvalue weighted by Crippen LogP contribution is -2.56. The highest BCUT2D eigenvalue weighted by Gasteiger charge is 2.35. The number of nitrogens with zero attached hydrogens (tertiary/aromatic N) is 5. The van der Waals surface area contributed by atoms with Crippen molar-refractivity contribution in [3.05, 3.63) is 42.1 Å². The first-order valence-corrected chi connectivity index (χ1v) is 16.2. The van der Waals surface area contributed by atoms with Crippen molar-refractivity contribution >= 4 is 31.3 Å². The number of hydrogen-bond donors (Lipinski definition) is 3. The van der Waals surface area contributed by atoms with Crippen molar-refractivity contribution < 1.29 is 38.2 Å². The molecule has 0 radical (unpaired) electrons. The molecule has 15 heteroatoms. The van der Waals surface area contributed by atoms with Crippen LogP contribution < -0.4 is 10.2 Å². The maximum atomic E-state index is 13.5. The van der Waals surface area contributed by atoms with Crippen LogP contribution in [0.5, 0.6) is 0 Å². The minimum absolute atomic E-state index is 0.0105. The third-order valence-electron chi connectivity index (χ3n) is 7.38. The first-order valence-electron chi connectivity index (χ1n) is 14.4. The van der Waals surface area contributed by atoms with Crippen LogP contribution in [0, 0.1) is 0 Å². The van der Waals surface area contributed by atoms with Gasteiger partial charge in [0.1, 0.15) is 17.6 Å². The molecule has 2 aromatic rings. The van der Waals surface area contributed by atoms with Crippen molar-refractivity contribution in [2.24, 2.45) is 0 Å². The Bertz CT molecular complexity index is 1320. The number of rotatable bonds is 11. The van der Waals surface area contributed by atoms with Crippen molar-refractivity contribution in [1.29, 1.82) is 0 Å². The monoisotopic (exact) mass is 618 g/mol. The fourth-order valence-corrected chi connectivity index (χ4v) is 5.66. The second-order valence-corrected chi connectivity index (χ2v) is 12.2. The van der Waals surface area contributed by atoms with Crippen molar-refractivity contribution in [3.8, 4) is 11.4 Å². The highest BCUT2D eigenvalue weighted by Crippen LogP contribution is 2.35. The number of carbonyl (C=O) groups is 3. The number of methoxy groups -OCH3 is 1. The summed E-state index contributed by atoms with van der Waals surface area (Å²) in [5.74, 6) is -0.633. The van der Waals surface area contributed by atoms with E-state index in [-0.39, 0.29) is 38.0 Å². The van der Waals surface area contributed by atoms with Crippen LogP contribution >= 0.6 is 7.60 Å². The van der Waals surface area contributed by atoms with Gasteiger partial charge in [-0.25, -0.2) is 14.8 Å². The molecule has 3 heterocycles. The van der Waals surface area contributed by atoms with E-state index in [1.807, 2.05) is 42.2 Å². The minimum atomic E-state index is -4.71. The fraction of sp³-hybridized carbons (Fsp3) is 0.536. The molecule has 3 N–H and O–H groups in total. The molecule has 2 unspecified atom stereocenters. The maximum Gasteiger partial charge on any atom is 0.409 e. The summed E-state index contributed by atoms with van der Waals surface area (Å²) in [7, 11) is -3.08. The Hall–Kier alpha value is -3.58. The smallest absolute Gasteiger partial charge is 0.409 e. The molecule has 3 amide bonds. The molecule has 14 nitrogen and oxygen atoms in total. The molecular weight excluding hydrogens is 579 g/mol. The number of ether oxygens (including phenoxy) is 2. The zero-order valence-corrected chi connectivity index (χ0v) is 25.3. The normalized spacial score (nSPS) is 18.0. The average molecular weight is 619 g/mol. The van der Waals surface area contributed by atoms with Crippen molar-refractivity contribution in [3.63, 3.8) is 0 Å². The molecule has 2 fully saturated rings. The molecule has 1 aromatic heterocycles. The Morgan fingerprint density at radius 2 is 1.77 bits per heavy atom. The lowest BCUT2D eigenvalue weighted by Gasteiger charge is -2.36. The molecule has 2 saturated heterocycles. The van der Waals surface area contributed by atoms with Gasteiger partial charge in [0.15, 0.2) is 5.82 Å². The first kappa shape index (κ1) is 32.3. The molecule has 2 aliphatic rings. The van der Waals surface area contributed by atoms with Crippen LogP contribution in [0.4, 0.5) is 10.6 Å². The Balaban J connectivity index is 1.52. The van der Waals surface area contributed by atoms with E-state index in [0.717, 1.165) is 19.3 Å². The largest absolute Gasteiger partial charge is 0.449 e. The van der Waals surface area contributed by atoms with E-state index in [0.29, 0.717) is 36.9 Å². The van der Waals surface area contributed by atoms with Gasteiger partial charge in [-0.1, -0.05) is 43.7 Å². The summed E-state index contributed by atoms with van der Waals surface area (Å²) < 4.78 is 22.7. The second-order valence-electron chi connectivity index (χ2n) is 10.5. The molecular formula is C28H39N6O8P. The van der Waals surface area contributed by atoms with Gasteiger partial charge in [-0.05, 0) is 12.8 Å². The summed E-state index contributed by atoms with van der Waals surface area (Å²) in [6.45, 7) is 4.17. The molecule has 2 aliphatic heterocycles.